The van der Waals surface area contributed by atoms with E-state index in [9.17, 15) is 14.4 Å². The predicted octanol–water partition coefficient (Wildman–Crippen LogP) is 1.06. The van der Waals surface area contributed by atoms with Crippen LogP contribution < -0.4 is 0 Å². The van der Waals surface area contributed by atoms with Crippen LogP contribution in [0.15, 0.2) is 10.6 Å². The molecule has 2 rings (SSSR count). The van der Waals surface area contributed by atoms with Gasteiger partial charge < -0.3 is 23.5 Å². The van der Waals surface area contributed by atoms with E-state index in [1.807, 2.05) is 6.92 Å². The van der Waals surface area contributed by atoms with Gasteiger partial charge in [0.05, 0.1) is 5.69 Å². The Morgan fingerprint density at radius 1 is 1.04 bits per heavy atom. The van der Waals surface area contributed by atoms with Gasteiger partial charge >= 0.3 is 17.9 Å². The molecule has 9 nitrogen and oxygen atoms in total. The summed E-state index contributed by atoms with van der Waals surface area (Å²) in [7, 11) is 0. The van der Waals surface area contributed by atoms with Gasteiger partial charge in [0.1, 0.15) is 0 Å². The number of hydrogen-bond donors (Lipinski definition) is 0. The Morgan fingerprint density at radius 2 is 1.62 bits per heavy atom. The number of carbonyl (C=O) groups excluding carboxylic acids is 3. The minimum atomic E-state index is -1.23. The van der Waals surface area contributed by atoms with Crippen LogP contribution in [-0.2, 0) is 39.8 Å². The van der Waals surface area contributed by atoms with E-state index in [4.69, 9.17) is 23.5 Å². The molecular weight excluding hydrogens is 322 g/mol. The number of carbonyl (C=O) groups is 3. The molecule has 1 saturated heterocycles. The Kier molecular flexibility index (Phi) is 5.55. The van der Waals surface area contributed by atoms with Crippen LogP contribution >= 0.6 is 0 Å². The molecule has 9 heteroatoms. The fourth-order valence-corrected chi connectivity index (χ4v) is 2.38. The monoisotopic (exact) mass is 341 g/mol. The van der Waals surface area contributed by atoms with E-state index in [2.05, 4.69) is 5.16 Å². The number of rotatable bonds is 5. The maximum Gasteiger partial charge on any atom is 0.305 e. The van der Waals surface area contributed by atoms with Crippen LogP contribution in [0, 0.1) is 0 Å². The first-order valence-electron chi connectivity index (χ1n) is 7.44. The number of ether oxygens (including phenoxy) is 4. The highest BCUT2D eigenvalue weighted by atomic mass is 16.7. The highest BCUT2D eigenvalue weighted by Crippen LogP contribution is 2.38. The Balaban J connectivity index is 2.34. The smallest absolute Gasteiger partial charge is 0.305 e. The first-order valence-corrected chi connectivity index (χ1v) is 7.44. The zero-order chi connectivity index (χ0) is 17.9. The third-order valence-corrected chi connectivity index (χ3v) is 3.28. The first kappa shape index (κ1) is 17.9. The zero-order valence-electron chi connectivity index (χ0n) is 13.8. The van der Waals surface area contributed by atoms with Gasteiger partial charge in [0, 0.05) is 26.8 Å². The summed E-state index contributed by atoms with van der Waals surface area (Å²) in [5.41, 5.74) is 0.676. The van der Waals surface area contributed by atoms with Gasteiger partial charge in [-0.05, 0) is 6.42 Å². The van der Waals surface area contributed by atoms with Gasteiger partial charge in [-0.1, -0.05) is 12.1 Å². The molecule has 2 heterocycles. The molecule has 1 fully saturated rings. The summed E-state index contributed by atoms with van der Waals surface area (Å²) in [5, 5.41) is 3.85. The second-order valence-corrected chi connectivity index (χ2v) is 5.26. The lowest BCUT2D eigenvalue weighted by molar-refractivity contribution is -0.196. The second-order valence-electron chi connectivity index (χ2n) is 5.26. The maximum absolute atomic E-state index is 11.4. The summed E-state index contributed by atoms with van der Waals surface area (Å²) in [6, 6.07) is 1.64. The predicted molar refractivity (Wildman–Crippen MR) is 76.4 cm³/mol. The number of aryl methyl sites for hydroxylation is 1. The van der Waals surface area contributed by atoms with Crippen molar-refractivity contribution in [2.45, 2.75) is 58.7 Å². The highest BCUT2D eigenvalue weighted by Gasteiger charge is 2.53. The summed E-state index contributed by atoms with van der Waals surface area (Å²) in [6.45, 7) is 5.47. The van der Waals surface area contributed by atoms with Crippen LogP contribution in [0.25, 0.3) is 0 Å². The topological polar surface area (TPSA) is 114 Å². The molecule has 0 amide bonds. The molecule has 24 heavy (non-hydrogen) atoms. The fraction of sp³-hybridized carbons (Fsp3) is 0.600. The van der Waals surface area contributed by atoms with Crippen LogP contribution in [0.1, 0.15) is 45.3 Å². The van der Waals surface area contributed by atoms with Crippen LogP contribution in [0.4, 0.5) is 0 Å². The summed E-state index contributed by atoms with van der Waals surface area (Å²) < 4.78 is 26.2. The quantitative estimate of drug-likeness (QED) is 0.572. The molecule has 0 saturated carbocycles. The van der Waals surface area contributed by atoms with Crippen LogP contribution in [0.5, 0.6) is 0 Å². The van der Waals surface area contributed by atoms with E-state index in [0.717, 1.165) is 0 Å². The van der Waals surface area contributed by atoms with E-state index in [0.29, 0.717) is 12.1 Å². The fourth-order valence-electron chi connectivity index (χ4n) is 2.38. The summed E-state index contributed by atoms with van der Waals surface area (Å²) in [4.78, 5) is 34.1. The molecule has 1 aromatic heterocycles. The lowest BCUT2D eigenvalue weighted by Gasteiger charge is -2.22. The molecule has 4 atom stereocenters. The van der Waals surface area contributed by atoms with E-state index in [1.165, 1.54) is 20.8 Å². The summed E-state index contributed by atoms with van der Waals surface area (Å²) in [6.07, 6.45) is -3.66. The molecule has 0 spiro atoms. The van der Waals surface area contributed by atoms with Gasteiger partial charge in [-0.3, -0.25) is 14.4 Å². The van der Waals surface area contributed by atoms with Crippen molar-refractivity contribution in [3.63, 3.8) is 0 Å². The average Bonchev–Trinajstić information content (AvgIpc) is 3.05. The summed E-state index contributed by atoms with van der Waals surface area (Å²) >= 11 is 0. The van der Waals surface area contributed by atoms with Crippen molar-refractivity contribution in [3.05, 3.63) is 17.5 Å². The molecule has 0 bridgehead atoms. The van der Waals surface area contributed by atoms with Gasteiger partial charge in [0.25, 0.3) is 0 Å². The standard InChI is InChI=1S/C15H19NO8/c1-5-10-6-11(24-16-10)12-13(20-7(2)17)14(21-8(3)18)15(23-12)22-9(4)19/h6,12-15H,5H2,1-4H3. The van der Waals surface area contributed by atoms with Gasteiger partial charge in [-0.2, -0.15) is 0 Å². The molecule has 1 aliphatic rings. The Bertz CT molecular complexity index is 625. The third kappa shape index (κ3) is 4.10. The van der Waals surface area contributed by atoms with Crippen molar-refractivity contribution in [1.82, 2.24) is 5.16 Å². The Labute approximate surface area is 138 Å². The first-order chi connectivity index (χ1) is 11.3. The van der Waals surface area contributed by atoms with Crippen molar-refractivity contribution < 1.29 is 37.9 Å². The minimum absolute atomic E-state index is 0.282. The lowest BCUT2D eigenvalue weighted by Crippen LogP contribution is -2.39. The van der Waals surface area contributed by atoms with E-state index in [-0.39, 0.29) is 5.76 Å². The molecule has 0 radical (unpaired) electrons. The number of hydrogen-bond acceptors (Lipinski definition) is 9. The van der Waals surface area contributed by atoms with Gasteiger partial charge in [-0.25, -0.2) is 0 Å². The third-order valence-electron chi connectivity index (χ3n) is 3.28. The second kappa shape index (κ2) is 7.43. The SMILES string of the molecule is CCc1cc(C2OC(OC(C)=O)C(OC(C)=O)C2OC(C)=O)on1. The molecule has 0 N–H and O–H groups in total. The largest absolute Gasteiger partial charge is 0.455 e. The zero-order valence-corrected chi connectivity index (χ0v) is 13.8. The van der Waals surface area contributed by atoms with Crippen LogP contribution in [-0.4, -0.2) is 41.6 Å². The summed E-state index contributed by atoms with van der Waals surface area (Å²) in [5.74, 6) is -1.59. The molecule has 132 valence electrons. The van der Waals surface area contributed by atoms with Crippen molar-refractivity contribution >= 4 is 17.9 Å². The van der Waals surface area contributed by atoms with Crippen LogP contribution in [0.2, 0.25) is 0 Å². The lowest BCUT2D eigenvalue weighted by atomic mass is 10.1. The minimum Gasteiger partial charge on any atom is -0.455 e. The normalized spacial score (nSPS) is 26.0. The maximum atomic E-state index is 11.4. The molecule has 0 aliphatic carbocycles. The van der Waals surface area contributed by atoms with E-state index < -0.39 is 42.5 Å². The van der Waals surface area contributed by atoms with Gasteiger partial charge in [0.2, 0.25) is 12.4 Å². The van der Waals surface area contributed by atoms with Crippen molar-refractivity contribution in [2.75, 3.05) is 0 Å². The number of nitrogens with zero attached hydrogens (tertiary/aromatic N) is 1. The highest BCUT2D eigenvalue weighted by molar-refractivity contribution is 5.68. The molecule has 1 aromatic rings. The molecular formula is C15H19NO8. The van der Waals surface area contributed by atoms with E-state index >= 15 is 0 Å². The Hall–Kier alpha value is -2.42. The number of esters is 3. The van der Waals surface area contributed by atoms with E-state index in [1.54, 1.807) is 6.07 Å². The van der Waals surface area contributed by atoms with Crippen LogP contribution in [0.3, 0.4) is 0 Å². The molecule has 0 aromatic carbocycles. The molecule has 1 aliphatic heterocycles. The Morgan fingerprint density at radius 3 is 2.12 bits per heavy atom. The molecule has 4 unspecified atom stereocenters. The number of aromatic nitrogens is 1. The van der Waals surface area contributed by atoms with Crippen molar-refractivity contribution in [1.29, 1.82) is 0 Å². The van der Waals surface area contributed by atoms with Gasteiger partial charge in [-0.15, -0.1) is 0 Å². The van der Waals surface area contributed by atoms with Crippen molar-refractivity contribution in [2.24, 2.45) is 0 Å². The van der Waals surface area contributed by atoms with Gasteiger partial charge in [0.15, 0.2) is 18.0 Å². The van der Waals surface area contributed by atoms with Crippen molar-refractivity contribution in [3.8, 4) is 0 Å². The average molecular weight is 341 g/mol.